The number of benzene rings is 2. The van der Waals surface area contributed by atoms with Gasteiger partial charge >= 0.3 is 0 Å². The number of hydrogen-bond acceptors (Lipinski definition) is 4. The van der Waals surface area contributed by atoms with Gasteiger partial charge in [0.1, 0.15) is 11.9 Å². The van der Waals surface area contributed by atoms with Crippen LogP contribution in [0.2, 0.25) is 0 Å². The summed E-state index contributed by atoms with van der Waals surface area (Å²) in [6.07, 6.45) is 0.864. The van der Waals surface area contributed by atoms with Crippen molar-refractivity contribution >= 4 is 10.0 Å². The molecule has 2 aromatic carbocycles. The summed E-state index contributed by atoms with van der Waals surface area (Å²) < 4.78 is 59.6. The van der Waals surface area contributed by atoms with Crippen molar-refractivity contribution < 1.29 is 21.9 Å². The zero-order valence-corrected chi connectivity index (χ0v) is 15.8. The molecule has 0 spiro atoms. The Hall–Kier alpha value is -2.03. The van der Waals surface area contributed by atoms with E-state index in [-0.39, 0.29) is 31.3 Å². The first-order valence-corrected chi connectivity index (χ1v) is 10.5. The van der Waals surface area contributed by atoms with Gasteiger partial charge in [-0.15, -0.1) is 0 Å². The molecule has 27 heavy (non-hydrogen) atoms. The summed E-state index contributed by atoms with van der Waals surface area (Å²) in [5, 5.41) is 0. The van der Waals surface area contributed by atoms with Crippen molar-refractivity contribution in [2.24, 2.45) is 5.73 Å². The van der Waals surface area contributed by atoms with Crippen LogP contribution in [0.1, 0.15) is 23.5 Å². The second kappa shape index (κ2) is 7.92. The fraction of sp³-hybridized carbons (Fsp3) is 0.368. The minimum atomic E-state index is -3.51. The SMILES string of the molecule is CS(=O)(=O)N1C[C@@H](Oc2cc(CN)ccc2F)C[C@@H](c2ccccc2F)C1. The average molecular weight is 396 g/mol. The van der Waals surface area contributed by atoms with Crippen LogP contribution in [0.4, 0.5) is 8.78 Å². The number of ether oxygens (including phenoxy) is 1. The van der Waals surface area contributed by atoms with Gasteiger partial charge in [-0.1, -0.05) is 24.3 Å². The van der Waals surface area contributed by atoms with Gasteiger partial charge in [0, 0.05) is 19.0 Å². The van der Waals surface area contributed by atoms with Crippen LogP contribution in [-0.2, 0) is 16.6 Å². The summed E-state index contributed by atoms with van der Waals surface area (Å²) in [4.78, 5) is 0. The predicted octanol–water partition coefficient (Wildman–Crippen LogP) is 2.62. The predicted molar refractivity (Wildman–Crippen MR) is 98.9 cm³/mol. The molecule has 1 heterocycles. The molecule has 1 aliphatic rings. The van der Waals surface area contributed by atoms with E-state index in [1.165, 1.54) is 22.5 Å². The normalized spacial score (nSPS) is 21.2. The van der Waals surface area contributed by atoms with E-state index in [4.69, 9.17) is 10.5 Å². The molecule has 3 rings (SSSR count). The highest BCUT2D eigenvalue weighted by Gasteiger charge is 2.35. The molecule has 5 nitrogen and oxygen atoms in total. The van der Waals surface area contributed by atoms with Gasteiger partial charge in [-0.3, -0.25) is 0 Å². The molecule has 2 aromatic rings. The number of nitrogens with two attached hydrogens (primary N) is 1. The average Bonchev–Trinajstić information content (AvgIpc) is 2.63. The van der Waals surface area contributed by atoms with E-state index in [1.54, 1.807) is 24.3 Å². The van der Waals surface area contributed by atoms with Gasteiger partial charge in [0.25, 0.3) is 0 Å². The maximum atomic E-state index is 14.2. The maximum Gasteiger partial charge on any atom is 0.211 e. The van der Waals surface area contributed by atoms with Gasteiger partial charge in [-0.2, -0.15) is 4.31 Å². The largest absolute Gasteiger partial charge is 0.486 e. The maximum absolute atomic E-state index is 14.2. The quantitative estimate of drug-likeness (QED) is 0.843. The first-order chi connectivity index (χ1) is 12.8. The van der Waals surface area contributed by atoms with Crippen molar-refractivity contribution in [2.75, 3.05) is 19.3 Å². The van der Waals surface area contributed by atoms with E-state index in [1.807, 2.05) is 0 Å². The number of rotatable bonds is 5. The first kappa shape index (κ1) is 19.7. The molecule has 1 fully saturated rings. The topological polar surface area (TPSA) is 72.6 Å². The van der Waals surface area contributed by atoms with Crippen LogP contribution in [0.15, 0.2) is 42.5 Å². The Morgan fingerprint density at radius 1 is 1.15 bits per heavy atom. The van der Waals surface area contributed by atoms with Gasteiger partial charge in [0.15, 0.2) is 11.6 Å². The van der Waals surface area contributed by atoms with Crippen LogP contribution in [0, 0.1) is 11.6 Å². The van der Waals surface area contributed by atoms with Crippen molar-refractivity contribution in [1.29, 1.82) is 0 Å². The molecule has 0 radical (unpaired) electrons. The minimum Gasteiger partial charge on any atom is -0.486 e. The van der Waals surface area contributed by atoms with Crippen LogP contribution in [0.25, 0.3) is 0 Å². The van der Waals surface area contributed by atoms with E-state index in [9.17, 15) is 17.2 Å². The van der Waals surface area contributed by atoms with Crippen LogP contribution in [0.5, 0.6) is 5.75 Å². The molecule has 0 amide bonds. The van der Waals surface area contributed by atoms with Gasteiger partial charge in [0.05, 0.1) is 12.8 Å². The van der Waals surface area contributed by atoms with Gasteiger partial charge in [0.2, 0.25) is 10.0 Å². The zero-order chi connectivity index (χ0) is 19.6. The molecule has 2 atom stereocenters. The molecular formula is C19H22F2N2O3S. The van der Waals surface area contributed by atoms with Gasteiger partial charge < -0.3 is 10.5 Å². The minimum absolute atomic E-state index is 0.0191. The molecule has 8 heteroatoms. The van der Waals surface area contributed by atoms with Gasteiger partial charge in [-0.05, 0) is 35.7 Å². The van der Waals surface area contributed by atoms with Crippen molar-refractivity contribution in [3.05, 3.63) is 65.2 Å². The fourth-order valence-electron chi connectivity index (χ4n) is 3.35. The van der Waals surface area contributed by atoms with Crippen LogP contribution in [-0.4, -0.2) is 38.2 Å². The highest BCUT2D eigenvalue weighted by atomic mass is 32.2. The van der Waals surface area contributed by atoms with Crippen molar-refractivity contribution in [1.82, 2.24) is 4.31 Å². The molecular weight excluding hydrogens is 374 g/mol. The second-order valence-corrected chi connectivity index (χ2v) is 8.73. The lowest BCUT2D eigenvalue weighted by atomic mass is 9.90. The molecule has 0 unspecified atom stereocenters. The number of sulfonamides is 1. The molecule has 0 aliphatic carbocycles. The number of halogens is 2. The third-order valence-corrected chi connectivity index (χ3v) is 5.95. The van der Waals surface area contributed by atoms with Crippen LogP contribution >= 0.6 is 0 Å². The Morgan fingerprint density at radius 2 is 1.89 bits per heavy atom. The van der Waals surface area contributed by atoms with Crippen molar-refractivity contribution in [3.8, 4) is 5.75 Å². The Kier molecular flexibility index (Phi) is 5.78. The van der Waals surface area contributed by atoms with Crippen LogP contribution in [0.3, 0.4) is 0 Å². The Bertz CT molecular complexity index is 921. The first-order valence-electron chi connectivity index (χ1n) is 8.62. The summed E-state index contributed by atoms with van der Waals surface area (Å²) in [7, 11) is -3.51. The summed E-state index contributed by atoms with van der Waals surface area (Å²) in [6, 6.07) is 10.6. The third-order valence-electron chi connectivity index (χ3n) is 4.72. The lowest BCUT2D eigenvalue weighted by Crippen LogP contribution is -2.47. The lowest BCUT2D eigenvalue weighted by Gasteiger charge is -2.36. The molecule has 2 N–H and O–H groups in total. The number of nitrogens with zero attached hydrogens (tertiary/aromatic N) is 1. The summed E-state index contributed by atoms with van der Waals surface area (Å²) in [6.45, 7) is 0.468. The van der Waals surface area contributed by atoms with E-state index in [2.05, 4.69) is 0 Å². The summed E-state index contributed by atoms with van der Waals surface area (Å²) in [5.41, 5.74) is 6.72. The lowest BCUT2D eigenvalue weighted by molar-refractivity contribution is 0.112. The fourth-order valence-corrected chi connectivity index (χ4v) is 4.23. The van der Waals surface area contributed by atoms with Crippen LogP contribution < -0.4 is 10.5 Å². The molecule has 146 valence electrons. The summed E-state index contributed by atoms with van der Waals surface area (Å²) in [5.74, 6) is -1.31. The monoisotopic (exact) mass is 396 g/mol. The Morgan fingerprint density at radius 3 is 2.56 bits per heavy atom. The van der Waals surface area contributed by atoms with Gasteiger partial charge in [-0.25, -0.2) is 17.2 Å². The van der Waals surface area contributed by atoms with E-state index >= 15 is 0 Å². The second-order valence-electron chi connectivity index (χ2n) is 6.74. The Labute approximate surface area is 157 Å². The summed E-state index contributed by atoms with van der Waals surface area (Å²) >= 11 is 0. The third kappa shape index (κ3) is 4.63. The highest BCUT2D eigenvalue weighted by Crippen LogP contribution is 2.32. The van der Waals surface area contributed by atoms with Crippen molar-refractivity contribution in [3.63, 3.8) is 0 Å². The standard InChI is InChI=1S/C19H22F2N2O3S/c1-27(24,25)23-11-14(16-4-2-3-5-17(16)20)9-15(12-23)26-19-8-13(10-22)6-7-18(19)21/h2-8,14-15H,9-12,22H2,1H3/t14-,15+/m1/s1. The molecule has 0 aromatic heterocycles. The van der Waals surface area contributed by atoms with E-state index in [0.717, 1.165) is 6.26 Å². The van der Waals surface area contributed by atoms with E-state index < -0.39 is 27.8 Å². The highest BCUT2D eigenvalue weighted by molar-refractivity contribution is 7.88. The Balaban J connectivity index is 1.89. The molecule has 0 saturated carbocycles. The number of hydrogen-bond donors (Lipinski definition) is 1. The number of piperidine rings is 1. The molecule has 1 aliphatic heterocycles. The zero-order valence-electron chi connectivity index (χ0n) is 14.9. The van der Waals surface area contributed by atoms with E-state index in [0.29, 0.717) is 17.5 Å². The van der Waals surface area contributed by atoms with Crippen molar-refractivity contribution in [2.45, 2.75) is 25.0 Å². The molecule has 0 bridgehead atoms. The smallest absolute Gasteiger partial charge is 0.211 e. The molecule has 1 saturated heterocycles.